The monoisotopic (exact) mass is 499 g/mol. The molecule has 6 nitrogen and oxygen atoms in total. The van der Waals surface area contributed by atoms with Crippen molar-refractivity contribution in [3.63, 3.8) is 0 Å². The number of nitrogens with one attached hydrogen (secondary N) is 1. The van der Waals surface area contributed by atoms with Gasteiger partial charge in [0.05, 0.1) is 6.04 Å². The van der Waals surface area contributed by atoms with Crippen LogP contribution in [0.5, 0.6) is 5.75 Å². The molecular formula is C28H41N3O3S. The van der Waals surface area contributed by atoms with E-state index < -0.39 is 0 Å². The van der Waals surface area contributed by atoms with Gasteiger partial charge in [-0.05, 0) is 73.7 Å². The lowest BCUT2D eigenvalue weighted by Gasteiger charge is -2.37. The predicted octanol–water partition coefficient (Wildman–Crippen LogP) is 5.84. The lowest BCUT2D eigenvalue weighted by atomic mass is 10.00. The second-order valence-corrected chi connectivity index (χ2v) is 12.1. The number of benzene rings is 1. The van der Waals surface area contributed by atoms with Gasteiger partial charge in [0, 0.05) is 23.5 Å². The van der Waals surface area contributed by atoms with Crippen LogP contribution >= 0.6 is 11.3 Å². The molecule has 3 rings (SSSR count). The van der Waals surface area contributed by atoms with E-state index in [0.717, 1.165) is 17.7 Å². The van der Waals surface area contributed by atoms with Gasteiger partial charge in [0.1, 0.15) is 18.9 Å². The summed E-state index contributed by atoms with van der Waals surface area (Å²) in [5, 5.41) is 5.10. The zero-order valence-electron chi connectivity index (χ0n) is 22.3. The highest BCUT2D eigenvalue weighted by Crippen LogP contribution is 2.34. The largest absolute Gasteiger partial charge is 0.491 e. The van der Waals surface area contributed by atoms with Crippen LogP contribution in [0, 0.1) is 5.92 Å². The molecule has 1 aromatic carbocycles. The Balaban J connectivity index is 1.76. The lowest BCUT2D eigenvalue weighted by molar-refractivity contribution is -0.135. The number of nitrogens with zero attached hydrogens (tertiary/aromatic N) is 2. The smallest absolute Gasteiger partial charge is 0.318 e. The molecule has 0 saturated heterocycles. The third-order valence-electron chi connectivity index (χ3n) is 6.05. The first-order valence-corrected chi connectivity index (χ1v) is 13.5. The maximum atomic E-state index is 13.6. The van der Waals surface area contributed by atoms with Crippen LogP contribution in [-0.2, 0) is 11.2 Å². The van der Waals surface area contributed by atoms with Crippen LogP contribution in [0.2, 0.25) is 0 Å². The fourth-order valence-electron chi connectivity index (χ4n) is 4.31. The van der Waals surface area contributed by atoms with Gasteiger partial charge in [-0.2, -0.15) is 0 Å². The number of carbonyl (C=O) groups is 2. The van der Waals surface area contributed by atoms with Gasteiger partial charge in [-0.3, -0.25) is 4.79 Å². The number of hydrogen-bond acceptors (Lipinski definition) is 4. The van der Waals surface area contributed by atoms with Crippen LogP contribution in [0.4, 0.5) is 4.79 Å². The van der Waals surface area contributed by atoms with Crippen molar-refractivity contribution < 1.29 is 14.3 Å². The van der Waals surface area contributed by atoms with Crippen LogP contribution in [-0.4, -0.2) is 53.5 Å². The predicted molar refractivity (Wildman–Crippen MR) is 143 cm³/mol. The second kappa shape index (κ2) is 11.5. The van der Waals surface area contributed by atoms with E-state index >= 15 is 0 Å². The van der Waals surface area contributed by atoms with Crippen molar-refractivity contribution in [2.75, 3.05) is 26.2 Å². The van der Waals surface area contributed by atoms with Gasteiger partial charge in [-0.25, -0.2) is 4.79 Å². The second-order valence-electron chi connectivity index (χ2n) is 11.1. The molecule has 1 N–H and O–H groups in total. The van der Waals surface area contributed by atoms with E-state index in [-0.39, 0.29) is 36.0 Å². The van der Waals surface area contributed by atoms with E-state index in [0.29, 0.717) is 25.6 Å². The average molecular weight is 500 g/mol. The summed E-state index contributed by atoms with van der Waals surface area (Å²) in [6.07, 6.45) is 0.830. The molecular weight excluding hydrogens is 458 g/mol. The highest BCUT2D eigenvalue weighted by molar-refractivity contribution is 7.10. The van der Waals surface area contributed by atoms with Gasteiger partial charge in [0.25, 0.3) is 0 Å². The van der Waals surface area contributed by atoms with Crippen LogP contribution in [0.3, 0.4) is 0 Å². The lowest BCUT2D eigenvalue weighted by Crippen LogP contribution is -2.53. The number of carbonyl (C=O) groups excluding carboxylic acids is 2. The van der Waals surface area contributed by atoms with Crippen molar-refractivity contribution in [2.24, 2.45) is 5.92 Å². The van der Waals surface area contributed by atoms with Gasteiger partial charge >= 0.3 is 6.03 Å². The fourth-order valence-corrected chi connectivity index (χ4v) is 5.24. The van der Waals surface area contributed by atoms with Gasteiger partial charge in [0.15, 0.2) is 0 Å². The van der Waals surface area contributed by atoms with Crippen LogP contribution in [0.1, 0.15) is 76.4 Å². The van der Waals surface area contributed by atoms with Crippen molar-refractivity contribution in [3.05, 3.63) is 51.7 Å². The Bertz CT molecular complexity index is 992. The molecule has 1 aliphatic rings. The summed E-state index contributed by atoms with van der Waals surface area (Å²) < 4.78 is 6.19. The minimum atomic E-state index is -0.368. The van der Waals surface area contributed by atoms with E-state index in [4.69, 9.17) is 4.74 Å². The molecule has 2 aromatic rings. The molecule has 0 unspecified atom stereocenters. The number of rotatable bonds is 8. The minimum Gasteiger partial charge on any atom is -0.491 e. The number of thiophene rings is 1. The fraction of sp³-hybridized carbons (Fsp3) is 0.571. The molecule has 1 atom stereocenters. The Morgan fingerprint density at radius 3 is 2.43 bits per heavy atom. The zero-order chi connectivity index (χ0) is 25.8. The number of urea groups is 1. The van der Waals surface area contributed by atoms with E-state index in [1.165, 1.54) is 10.4 Å². The third-order valence-corrected chi connectivity index (χ3v) is 7.05. The Hall–Kier alpha value is -2.54. The topological polar surface area (TPSA) is 61.9 Å². The number of hydrogen-bond donors (Lipinski definition) is 1. The SMILES string of the molecule is CC(C)CN(CC(=O)N1CCc2sccc2[C@H]1COc1ccc(C(C)C)cc1)C(=O)NC(C)(C)C. The van der Waals surface area contributed by atoms with Crippen molar-refractivity contribution in [1.29, 1.82) is 0 Å². The van der Waals surface area contributed by atoms with E-state index in [1.54, 1.807) is 16.2 Å². The number of amides is 3. The molecule has 3 amide bonds. The third kappa shape index (κ3) is 7.47. The molecule has 35 heavy (non-hydrogen) atoms. The first-order valence-electron chi connectivity index (χ1n) is 12.6. The van der Waals surface area contributed by atoms with Crippen molar-refractivity contribution in [1.82, 2.24) is 15.1 Å². The maximum Gasteiger partial charge on any atom is 0.318 e. The molecule has 0 saturated carbocycles. The molecule has 0 fully saturated rings. The van der Waals surface area contributed by atoms with Crippen LogP contribution < -0.4 is 10.1 Å². The highest BCUT2D eigenvalue weighted by Gasteiger charge is 2.34. The molecule has 2 heterocycles. The van der Waals surface area contributed by atoms with E-state index in [1.807, 2.05) is 37.8 Å². The van der Waals surface area contributed by atoms with Gasteiger partial charge in [0.2, 0.25) is 5.91 Å². The average Bonchev–Trinajstić information content (AvgIpc) is 3.24. The van der Waals surface area contributed by atoms with Crippen molar-refractivity contribution >= 4 is 23.3 Å². The normalized spacial score (nSPS) is 15.8. The molecule has 0 aliphatic carbocycles. The first kappa shape index (κ1) is 27.1. The summed E-state index contributed by atoms with van der Waals surface area (Å²) in [4.78, 5) is 31.4. The summed E-state index contributed by atoms with van der Waals surface area (Å²) in [5.41, 5.74) is 2.06. The maximum absolute atomic E-state index is 13.6. The minimum absolute atomic E-state index is 0.0460. The number of fused-ring (bicyclic) bond motifs is 1. The van der Waals surface area contributed by atoms with Crippen LogP contribution in [0.25, 0.3) is 0 Å². The highest BCUT2D eigenvalue weighted by atomic mass is 32.1. The Morgan fingerprint density at radius 2 is 1.83 bits per heavy atom. The first-order chi connectivity index (χ1) is 16.4. The van der Waals surface area contributed by atoms with Crippen molar-refractivity contribution in [3.8, 4) is 5.75 Å². The standard InChI is InChI=1S/C28H41N3O3S/c1-19(2)16-30(27(33)29-28(5,6)7)17-26(32)31-14-12-25-23(13-15-35-25)24(31)18-34-22-10-8-21(9-11-22)20(3)4/h8-11,13,15,19-20,24H,12,14,16-18H2,1-7H3,(H,29,33)/t24-/m1/s1. The summed E-state index contributed by atoms with van der Waals surface area (Å²) >= 11 is 1.74. The van der Waals surface area contributed by atoms with Crippen molar-refractivity contribution in [2.45, 2.75) is 72.4 Å². The van der Waals surface area contributed by atoms with E-state index in [2.05, 4.69) is 56.6 Å². The Morgan fingerprint density at radius 1 is 1.14 bits per heavy atom. The zero-order valence-corrected chi connectivity index (χ0v) is 23.1. The van der Waals surface area contributed by atoms with E-state index in [9.17, 15) is 9.59 Å². The summed E-state index contributed by atoms with van der Waals surface area (Å²) in [5.74, 6) is 1.48. The van der Waals surface area contributed by atoms with Crippen LogP contribution in [0.15, 0.2) is 35.7 Å². The Labute approximate surface area is 214 Å². The molecule has 0 spiro atoms. The van der Waals surface area contributed by atoms with Gasteiger partial charge in [-0.1, -0.05) is 39.8 Å². The summed E-state index contributed by atoms with van der Waals surface area (Å²) in [6.45, 7) is 15.9. The van der Waals surface area contributed by atoms with Gasteiger partial charge < -0.3 is 19.9 Å². The number of ether oxygens (including phenoxy) is 1. The summed E-state index contributed by atoms with van der Waals surface area (Å²) in [6, 6.07) is 9.92. The Kier molecular flexibility index (Phi) is 8.86. The summed E-state index contributed by atoms with van der Waals surface area (Å²) in [7, 11) is 0. The molecule has 192 valence electrons. The molecule has 0 bridgehead atoms. The van der Waals surface area contributed by atoms with Gasteiger partial charge in [-0.15, -0.1) is 11.3 Å². The molecule has 7 heteroatoms. The molecule has 1 aromatic heterocycles. The quantitative estimate of drug-likeness (QED) is 0.496. The molecule has 1 aliphatic heterocycles. The molecule has 0 radical (unpaired) electrons.